The van der Waals surface area contributed by atoms with Gasteiger partial charge in [-0.05, 0) is 29.9 Å². The highest BCUT2D eigenvalue weighted by atomic mass is 19.2. The van der Waals surface area contributed by atoms with Crippen LogP contribution in [0.25, 0.3) is 0 Å². The number of carboxylic acids is 1. The number of halogens is 1. The summed E-state index contributed by atoms with van der Waals surface area (Å²) in [5, 5.41) is 8.89. The fourth-order valence-electron chi connectivity index (χ4n) is 3.12. The molecule has 0 atom stereocenters. The van der Waals surface area contributed by atoms with Gasteiger partial charge in [-0.25, -0.2) is 4.79 Å². The van der Waals surface area contributed by atoms with E-state index in [4.69, 9.17) is 5.11 Å². The number of nitrogens with zero attached hydrogens (tertiary/aromatic N) is 1. The molecule has 4 heteroatoms. The van der Waals surface area contributed by atoms with Crippen LogP contribution in [0.5, 0.6) is 0 Å². The highest BCUT2D eigenvalue weighted by molar-refractivity contribution is 5.86. The summed E-state index contributed by atoms with van der Waals surface area (Å²) in [7, 11) is 0. The molecule has 0 spiro atoms. The van der Waals surface area contributed by atoms with Crippen LogP contribution in [0.4, 0.5) is 4.48 Å². The van der Waals surface area contributed by atoms with Crippen molar-refractivity contribution in [3.63, 3.8) is 0 Å². The Morgan fingerprint density at radius 1 is 1.13 bits per heavy atom. The zero-order chi connectivity index (χ0) is 17.3. The van der Waals surface area contributed by atoms with Gasteiger partial charge in [-0.15, -0.1) is 0 Å². The van der Waals surface area contributed by atoms with Crippen LogP contribution in [0.1, 0.15) is 94.6 Å². The smallest absolute Gasteiger partial charge is 0.355 e. The molecule has 0 bridgehead atoms. The molecule has 0 radical (unpaired) electrons. The largest absolute Gasteiger partial charge is 0.476 e. The van der Waals surface area contributed by atoms with Gasteiger partial charge in [0.15, 0.2) is 5.69 Å². The summed E-state index contributed by atoms with van der Waals surface area (Å²) >= 11 is 0. The lowest BCUT2D eigenvalue weighted by Gasteiger charge is -2.24. The Morgan fingerprint density at radius 3 is 2.22 bits per heavy atom. The topological polar surface area (TPSA) is 42.2 Å². The first kappa shape index (κ1) is 19.7. The number of aromatic nitrogens is 1. The van der Waals surface area contributed by atoms with E-state index in [1.807, 2.05) is 0 Å². The van der Waals surface area contributed by atoms with Crippen LogP contribution in [0.15, 0.2) is 12.3 Å². The molecule has 0 aliphatic carbocycles. The molecular weight excluding hydrogens is 293 g/mol. The van der Waals surface area contributed by atoms with Gasteiger partial charge in [-0.3, -0.25) is 0 Å². The minimum absolute atomic E-state index is 0.0688. The first-order chi connectivity index (χ1) is 10.9. The van der Waals surface area contributed by atoms with Crippen LogP contribution >= 0.6 is 0 Å². The lowest BCUT2D eigenvalue weighted by atomic mass is 9.81. The molecule has 0 aromatic carbocycles. The summed E-state index contributed by atoms with van der Waals surface area (Å²) < 4.78 is 13.5. The molecule has 23 heavy (non-hydrogen) atoms. The van der Waals surface area contributed by atoms with Crippen molar-refractivity contribution in [3.05, 3.63) is 23.5 Å². The predicted molar refractivity (Wildman–Crippen MR) is 92.6 cm³/mol. The first-order valence-electron chi connectivity index (χ1n) is 8.96. The molecule has 0 fully saturated rings. The molecule has 132 valence electrons. The molecule has 0 unspecified atom stereocenters. The summed E-state index contributed by atoms with van der Waals surface area (Å²) in [5.74, 6) is -1.22. The van der Waals surface area contributed by atoms with E-state index in [-0.39, 0.29) is 15.9 Å². The van der Waals surface area contributed by atoms with Gasteiger partial charge in [-0.2, -0.15) is 4.79 Å². The summed E-state index contributed by atoms with van der Waals surface area (Å²) in [6.07, 6.45) is 13.5. The molecule has 0 saturated carbocycles. The Kier molecular flexibility index (Phi) is 8.35. The third kappa shape index (κ3) is 7.67. The van der Waals surface area contributed by atoms with E-state index in [9.17, 15) is 9.28 Å². The normalized spacial score (nSPS) is 11.8. The maximum absolute atomic E-state index is 13.5. The SMILES string of the molecule is CCCCCCCCCCC(C)(C)Cc1cc(C(=O)O)n(F)c1. The number of hydrogen-bond acceptors (Lipinski definition) is 1. The number of hydrogen-bond donors (Lipinski definition) is 1. The Balaban J connectivity index is 2.28. The maximum Gasteiger partial charge on any atom is 0.355 e. The number of aromatic carboxylic acids is 1. The molecule has 1 aromatic heterocycles. The van der Waals surface area contributed by atoms with Crippen LogP contribution in [-0.2, 0) is 6.42 Å². The van der Waals surface area contributed by atoms with Crippen molar-refractivity contribution >= 4 is 5.97 Å². The highest BCUT2D eigenvalue weighted by Crippen LogP contribution is 2.29. The lowest BCUT2D eigenvalue weighted by molar-refractivity contribution is 0.0673. The van der Waals surface area contributed by atoms with E-state index in [2.05, 4.69) is 20.8 Å². The minimum Gasteiger partial charge on any atom is -0.476 e. The fraction of sp³-hybridized carbons (Fsp3) is 0.737. The standard InChI is InChI=1S/C19H32FNO2/c1-4-5-6-7-8-9-10-11-12-19(2,3)14-16-13-17(18(22)23)21(20)15-16/h13,15H,4-12,14H2,1-3H3,(H,22,23). The van der Waals surface area contributed by atoms with Crippen molar-refractivity contribution in [1.82, 2.24) is 4.79 Å². The van der Waals surface area contributed by atoms with Crippen molar-refractivity contribution in [2.24, 2.45) is 5.41 Å². The van der Waals surface area contributed by atoms with Crippen molar-refractivity contribution < 1.29 is 14.4 Å². The van der Waals surface area contributed by atoms with Crippen LogP contribution in [0, 0.1) is 5.41 Å². The van der Waals surface area contributed by atoms with E-state index in [1.165, 1.54) is 63.6 Å². The van der Waals surface area contributed by atoms with Crippen LogP contribution in [-0.4, -0.2) is 15.9 Å². The van der Waals surface area contributed by atoms with Crippen molar-refractivity contribution in [2.75, 3.05) is 0 Å². The molecule has 0 amide bonds. The van der Waals surface area contributed by atoms with Crippen molar-refractivity contribution in [3.8, 4) is 0 Å². The van der Waals surface area contributed by atoms with E-state index < -0.39 is 5.97 Å². The summed E-state index contributed by atoms with van der Waals surface area (Å²) in [4.78, 5) is 11.1. The summed E-state index contributed by atoms with van der Waals surface area (Å²) in [6.45, 7) is 6.58. The molecule has 3 nitrogen and oxygen atoms in total. The van der Waals surface area contributed by atoms with Crippen molar-refractivity contribution in [2.45, 2.75) is 85.0 Å². The zero-order valence-corrected chi connectivity index (χ0v) is 14.9. The molecule has 1 aromatic rings. The molecular formula is C19H32FNO2. The average molecular weight is 325 g/mol. The Bertz CT molecular complexity index is 480. The van der Waals surface area contributed by atoms with E-state index in [0.29, 0.717) is 6.42 Å². The molecule has 0 aliphatic heterocycles. The fourth-order valence-corrected chi connectivity index (χ4v) is 3.12. The second kappa shape index (κ2) is 9.74. The first-order valence-corrected chi connectivity index (χ1v) is 8.96. The van der Waals surface area contributed by atoms with Gasteiger partial charge in [0.1, 0.15) is 0 Å². The second-order valence-corrected chi connectivity index (χ2v) is 7.42. The second-order valence-electron chi connectivity index (χ2n) is 7.42. The molecule has 1 rings (SSSR count). The lowest BCUT2D eigenvalue weighted by Crippen LogP contribution is -2.14. The monoisotopic (exact) mass is 325 g/mol. The molecule has 1 heterocycles. The van der Waals surface area contributed by atoms with E-state index >= 15 is 0 Å². The quantitative estimate of drug-likeness (QED) is 0.477. The number of unbranched alkanes of at least 4 members (excludes halogenated alkanes) is 7. The molecule has 0 saturated heterocycles. The van der Waals surface area contributed by atoms with Gasteiger partial charge < -0.3 is 5.11 Å². The van der Waals surface area contributed by atoms with Gasteiger partial charge in [0.25, 0.3) is 0 Å². The highest BCUT2D eigenvalue weighted by Gasteiger charge is 2.21. The Labute approximate surface area is 139 Å². The Morgan fingerprint density at radius 2 is 1.70 bits per heavy atom. The zero-order valence-electron chi connectivity index (χ0n) is 14.9. The molecule has 0 aliphatic rings. The van der Waals surface area contributed by atoms with Gasteiger partial charge >= 0.3 is 5.97 Å². The maximum atomic E-state index is 13.5. The summed E-state index contributed by atoms with van der Waals surface area (Å²) in [6, 6.07) is 1.44. The van der Waals surface area contributed by atoms with Crippen LogP contribution in [0.2, 0.25) is 0 Å². The number of rotatable bonds is 12. The van der Waals surface area contributed by atoms with Crippen LogP contribution in [0.3, 0.4) is 0 Å². The average Bonchev–Trinajstić information content (AvgIpc) is 2.81. The van der Waals surface area contributed by atoms with Gasteiger partial charge in [0, 0.05) is 6.20 Å². The van der Waals surface area contributed by atoms with Crippen molar-refractivity contribution in [1.29, 1.82) is 0 Å². The third-order valence-corrected chi connectivity index (χ3v) is 4.44. The summed E-state index contributed by atoms with van der Waals surface area (Å²) in [5.41, 5.74) is 0.539. The number of carboxylic acid groups (broad SMARTS) is 1. The predicted octanol–water partition coefficient (Wildman–Crippen LogP) is 6.02. The van der Waals surface area contributed by atoms with Crippen LogP contribution < -0.4 is 0 Å². The number of carbonyl (C=O) groups is 1. The van der Waals surface area contributed by atoms with Gasteiger partial charge in [-0.1, -0.05) is 76.6 Å². The van der Waals surface area contributed by atoms with Gasteiger partial charge in [0.05, 0.1) is 0 Å². The molecule has 1 N–H and O–H groups in total. The Hall–Kier alpha value is -1.32. The van der Waals surface area contributed by atoms with Gasteiger partial charge in [0.2, 0.25) is 0 Å². The van der Waals surface area contributed by atoms with E-state index in [0.717, 1.165) is 12.0 Å². The van der Waals surface area contributed by atoms with E-state index in [1.54, 1.807) is 0 Å². The third-order valence-electron chi connectivity index (χ3n) is 4.44. The minimum atomic E-state index is -1.22.